The van der Waals surface area contributed by atoms with E-state index < -0.39 is 91.5 Å². The first-order chi connectivity index (χ1) is 47.2. The third kappa shape index (κ3) is 72.5. The summed E-state index contributed by atoms with van der Waals surface area (Å²) in [6.07, 6.45) is 86.3. The normalized spacial score (nSPS) is 14.9. The van der Waals surface area contributed by atoms with Gasteiger partial charge in [-0.2, -0.15) is 0 Å². The highest BCUT2D eigenvalue weighted by molar-refractivity contribution is 7.47. The second kappa shape index (κ2) is 71.3. The lowest BCUT2D eigenvalue weighted by molar-refractivity contribution is -0.161. The van der Waals surface area contributed by atoms with Crippen LogP contribution in [0, 0.1) is 0 Å². The fourth-order valence-electron chi connectivity index (χ4n) is 9.48. The number of hydrogen-bond acceptors (Lipinski definition) is 14. The molecule has 0 amide bonds. The standard InChI is InChI=1S/C79H132O16P2/c1-4-7-10-13-16-19-22-25-27-29-31-32-33-34-35-36-37-38-39-40-42-44-45-48-50-53-56-59-62-65-77(82)89-68-74(80)69-91-96(85,86)92-70-75(81)71-93-97(87,88)94-73-76(95-79(84)67-64-61-58-55-52-47-24-21-18-15-12-9-6-3)72-90-78(83)66-63-60-57-54-51-49-46-43-41-30-28-26-23-20-17-14-11-8-5-2/h7-8,10-11,16-17,19-20,25-28,31-32,34-35,37-38,41,43,49,51,57,60,74-76,80-81H,4-6,9,12-15,18,21-24,29-30,33,36,39-40,42,44-48,50,52-56,58-59,61-73H2,1-3H3,(H,85,86)(H,87,88)/b10-7-,11-8-,19-16-,20-17-,27-25-,28-26-,32-31-,35-34-,38-37-,43-41-,51-49-,60-57-. The third-order valence-electron chi connectivity index (χ3n) is 15.1. The van der Waals surface area contributed by atoms with Crippen LogP contribution < -0.4 is 0 Å². The lowest BCUT2D eigenvalue weighted by atomic mass is 10.0. The summed E-state index contributed by atoms with van der Waals surface area (Å²) in [6, 6.07) is 0. The summed E-state index contributed by atoms with van der Waals surface area (Å²) in [6.45, 7) is 2.35. The summed E-state index contributed by atoms with van der Waals surface area (Å²) in [5.74, 6) is -1.68. The fraction of sp³-hybridized carbons (Fsp3) is 0.658. The van der Waals surface area contributed by atoms with Crippen molar-refractivity contribution in [2.45, 2.75) is 296 Å². The molecular formula is C79H132O16P2. The van der Waals surface area contributed by atoms with E-state index >= 15 is 0 Å². The summed E-state index contributed by atoms with van der Waals surface area (Å²) < 4.78 is 60.9. The summed E-state index contributed by atoms with van der Waals surface area (Å²) in [5, 5.41) is 20.6. The average Bonchev–Trinajstić information content (AvgIpc) is 1.64. The molecule has 18 heteroatoms. The van der Waals surface area contributed by atoms with Gasteiger partial charge >= 0.3 is 33.6 Å². The molecule has 4 N–H and O–H groups in total. The Kier molecular flexibility index (Phi) is 67.9. The molecule has 0 radical (unpaired) electrons. The first-order valence-corrected chi connectivity index (χ1v) is 40.1. The van der Waals surface area contributed by atoms with Gasteiger partial charge in [0.1, 0.15) is 25.4 Å². The van der Waals surface area contributed by atoms with E-state index in [4.69, 9.17) is 32.3 Å². The van der Waals surface area contributed by atoms with E-state index in [-0.39, 0.29) is 19.3 Å². The first-order valence-electron chi connectivity index (χ1n) is 37.1. The number of rotatable bonds is 69. The monoisotopic (exact) mass is 1400 g/mol. The predicted octanol–water partition coefficient (Wildman–Crippen LogP) is 21.3. The Labute approximate surface area is 587 Å². The van der Waals surface area contributed by atoms with Gasteiger partial charge in [0.25, 0.3) is 0 Å². The molecule has 0 aliphatic rings. The van der Waals surface area contributed by atoms with Crippen LogP contribution in [0.5, 0.6) is 0 Å². The van der Waals surface area contributed by atoms with Gasteiger partial charge in [0.15, 0.2) is 6.10 Å². The summed E-state index contributed by atoms with van der Waals surface area (Å²) in [5.41, 5.74) is 0. The second-order valence-electron chi connectivity index (χ2n) is 24.3. The van der Waals surface area contributed by atoms with Crippen molar-refractivity contribution in [3.63, 3.8) is 0 Å². The molecule has 0 heterocycles. The third-order valence-corrected chi connectivity index (χ3v) is 17.0. The minimum Gasteiger partial charge on any atom is -0.463 e. The maximum atomic E-state index is 12.9. The van der Waals surface area contributed by atoms with E-state index in [9.17, 15) is 43.5 Å². The van der Waals surface area contributed by atoms with Crippen LogP contribution in [0.15, 0.2) is 146 Å². The second-order valence-corrected chi connectivity index (χ2v) is 27.2. The highest BCUT2D eigenvalue weighted by Crippen LogP contribution is 2.45. The number of esters is 3. The molecule has 5 atom stereocenters. The fourth-order valence-corrected chi connectivity index (χ4v) is 11.1. The lowest BCUT2D eigenvalue weighted by Gasteiger charge is -2.21. The minimum absolute atomic E-state index is 0.0437. The molecule has 0 aromatic heterocycles. The van der Waals surface area contributed by atoms with E-state index in [1.54, 1.807) is 0 Å². The summed E-state index contributed by atoms with van der Waals surface area (Å²) in [4.78, 5) is 58.4. The van der Waals surface area contributed by atoms with Gasteiger partial charge < -0.3 is 34.2 Å². The van der Waals surface area contributed by atoms with E-state index in [0.29, 0.717) is 25.7 Å². The molecule has 0 rings (SSSR count). The molecule has 0 aliphatic carbocycles. The van der Waals surface area contributed by atoms with E-state index in [0.717, 1.165) is 128 Å². The van der Waals surface area contributed by atoms with Crippen molar-refractivity contribution in [3.8, 4) is 0 Å². The Hall–Kier alpha value is -4.57. The van der Waals surface area contributed by atoms with Crippen molar-refractivity contribution in [2.24, 2.45) is 0 Å². The highest BCUT2D eigenvalue weighted by Gasteiger charge is 2.29. The van der Waals surface area contributed by atoms with Crippen molar-refractivity contribution < 1.29 is 75.8 Å². The van der Waals surface area contributed by atoms with Crippen molar-refractivity contribution in [1.82, 2.24) is 0 Å². The SMILES string of the molecule is CC/C=C\C/C=C\C/C=C\C/C=C\C/C=C\C/C=C\CCCCCCCCCCCCC(=O)OCC(O)COP(=O)(O)OCC(O)COP(=O)(O)OCC(COC(=O)CC/C=C\C/C=C\C/C=C\C/C=C\C/C=C\C/C=C\CC)OC(=O)CCCCCCCCCCCCCCC. The molecule has 0 fully saturated rings. The molecule has 0 aliphatic heterocycles. The van der Waals surface area contributed by atoms with Gasteiger partial charge in [-0.05, 0) is 109 Å². The Morgan fingerprint density at radius 2 is 0.567 bits per heavy atom. The van der Waals surface area contributed by atoms with Crippen molar-refractivity contribution >= 4 is 33.6 Å². The Balaban J connectivity index is 4.56. The zero-order valence-electron chi connectivity index (χ0n) is 60.2. The Bertz CT molecular complexity index is 2350. The molecule has 0 aromatic rings. The number of aliphatic hydroxyl groups excluding tert-OH is 2. The first kappa shape index (κ1) is 92.4. The van der Waals surface area contributed by atoms with Gasteiger partial charge in [-0.1, -0.05) is 295 Å². The number of carbonyl (C=O) groups is 3. The Morgan fingerprint density at radius 1 is 0.299 bits per heavy atom. The van der Waals surface area contributed by atoms with Crippen molar-refractivity contribution in [1.29, 1.82) is 0 Å². The average molecular weight is 1400 g/mol. The summed E-state index contributed by atoms with van der Waals surface area (Å²) >= 11 is 0. The molecule has 0 spiro atoms. The molecule has 16 nitrogen and oxygen atoms in total. The van der Waals surface area contributed by atoms with Crippen LogP contribution in [-0.2, 0) is 55.8 Å². The number of phosphoric ester groups is 2. The van der Waals surface area contributed by atoms with Gasteiger partial charge in [0, 0.05) is 19.3 Å². The van der Waals surface area contributed by atoms with Crippen LogP contribution in [0.4, 0.5) is 0 Å². The quantitative estimate of drug-likeness (QED) is 0.0146. The molecule has 0 bridgehead atoms. The summed E-state index contributed by atoms with van der Waals surface area (Å²) in [7, 11) is -9.81. The van der Waals surface area contributed by atoms with Crippen LogP contribution >= 0.6 is 15.6 Å². The van der Waals surface area contributed by atoms with Gasteiger partial charge in [0.2, 0.25) is 0 Å². The van der Waals surface area contributed by atoms with Gasteiger partial charge in [-0.3, -0.25) is 32.5 Å². The van der Waals surface area contributed by atoms with Crippen LogP contribution in [0.1, 0.15) is 278 Å². The van der Waals surface area contributed by atoms with Gasteiger partial charge in [-0.15, -0.1) is 0 Å². The van der Waals surface area contributed by atoms with Crippen LogP contribution in [0.3, 0.4) is 0 Å². The van der Waals surface area contributed by atoms with E-state index in [1.165, 1.54) is 83.5 Å². The van der Waals surface area contributed by atoms with Crippen LogP contribution in [0.2, 0.25) is 0 Å². The zero-order valence-corrected chi connectivity index (χ0v) is 62.0. The molecule has 5 unspecified atom stereocenters. The lowest BCUT2D eigenvalue weighted by Crippen LogP contribution is -2.30. The van der Waals surface area contributed by atoms with Crippen molar-refractivity contribution in [2.75, 3.05) is 39.6 Å². The molecule has 554 valence electrons. The molecule has 97 heavy (non-hydrogen) atoms. The van der Waals surface area contributed by atoms with Crippen LogP contribution in [-0.4, -0.2) is 95.9 Å². The van der Waals surface area contributed by atoms with E-state index in [2.05, 4.69) is 148 Å². The Morgan fingerprint density at radius 3 is 0.928 bits per heavy atom. The molecule has 0 aromatic carbocycles. The number of phosphoric acid groups is 2. The topological polar surface area (TPSA) is 231 Å². The zero-order chi connectivity index (χ0) is 70.9. The predicted molar refractivity (Wildman–Crippen MR) is 399 cm³/mol. The number of ether oxygens (including phenoxy) is 3. The molecule has 0 saturated carbocycles. The van der Waals surface area contributed by atoms with Gasteiger partial charge in [0.05, 0.1) is 26.4 Å². The van der Waals surface area contributed by atoms with Crippen molar-refractivity contribution in [3.05, 3.63) is 146 Å². The van der Waals surface area contributed by atoms with E-state index in [1.807, 2.05) is 18.2 Å². The number of aliphatic hydroxyl groups is 2. The number of unbranched alkanes of at least 4 members (excludes halogenated alkanes) is 22. The highest BCUT2D eigenvalue weighted by atomic mass is 31.2. The molecule has 0 saturated heterocycles. The largest absolute Gasteiger partial charge is 0.472 e. The van der Waals surface area contributed by atoms with Crippen LogP contribution in [0.25, 0.3) is 0 Å². The molecular weight excluding hydrogens is 1270 g/mol. The van der Waals surface area contributed by atoms with Gasteiger partial charge in [-0.25, -0.2) is 9.13 Å². The minimum atomic E-state index is -4.94. The number of carbonyl (C=O) groups excluding carboxylic acids is 3. The number of allylic oxidation sites excluding steroid dienone is 24. The smallest absolute Gasteiger partial charge is 0.463 e. The maximum absolute atomic E-state index is 12.9. The maximum Gasteiger partial charge on any atom is 0.472 e. The number of hydrogen-bond donors (Lipinski definition) is 4.